The van der Waals surface area contributed by atoms with Gasteiger partial charge in [-0.05, 0) is 41.6 Å². The molecule has 0 radical (unpaired) electrons. The van der Waals surface area contributed by atoms with Gasteiger partial charge < -0.3 is 10.6 Å². The Morgan fingerprint density at radius 3 is 2.86 bits per heavy atom. The van der Waals surface area contributed by atoms with Crippen molar-refractivity contribution in [1.29, 1.82) is 0 Å². The second-order valence-electron chi connectivity index (χ2n) is 5.47. The molecule has 124 valence electrons. The van der Waals surface area contributed by atoms with Gasteiger partial charge in [0, 0.05) is 25.3 Å². The summed E-state index contributed by atoms with van der Waals surface area (Å²) in [6, 6.07) is 0.0468. The summed E-state index contributed by atoms with van der Waals surface area (Å²) in [6.45, 7) is 3.17. The van der Waals surface area contributed by atoms with Crippen LogP contribution in [0.3, 0.4) is 0 Å². The van der Waals surface area contributed by atoms with Gasteiger partial charge in [0.2, 0.25) is 5.91 Å². The van der Waals surface area contributed by atoms with Crippen LogP contribution in [0.25, 0.3) is 0 Å². The van der Waals surface area contributed by atoms with Crippen molar-refractivity contribution in [3.05, 3.63) is 31.5 Å². The van der Waals surface area contributed by atoms with Gasteiger partial charge in [-0.1, -0.05) is 0 Å². The Morgan fingerprint density at radius 1 is 1.55 bits per heavy atom. The Balaban J connectivity index is 0.00000242. The molecule has 2 atom stereocenters. The number of nitrogens with two attached hydrogens (primary N) is 1. The van der Waals surface area contributed by atoms with Crippen LogP contribution in [0.4, 0.5) is 0 Å². The number of H-pyrrole nitrogens is 1. The maximum atomic E-state index is 12.3. The summed E-state index contributed by atoms with van der Waals surface area (Å²) in [5.41, 5.74) is 4.82. The predicted octanol–water partition coefficient (Wildman–Crippen LogP) is 0.307. The summed E-state index contributed by atoms with van der Waals surface area (Å²) in [7, 11) is 0. The number of amides is 1. The van der Waals surface area contributed by atoms with E-state index >= 15 is 0 Å². The number of hydrogen-bond acceptors (Lipinski definition) is 4. The molecule has 1 aliphatic heterocycles. The highest BCUT2D eigenvalue weighted by molar-refractivity contribution is 9.10. The van der Waals surface area contributed by atoms with E-state index in [0.29, 0.717) is 19.0 Å². The third kappa shape index (κ3) is 4.44. The predicted molar refractivity (Wildman–Crippen MR) is 89.2 cm³/mol. The fraction of sp³-hybridized carbons (Fsp3) is 0.615. The van der Waals surface area contributed by atoms with Gasteiger partial charge in [0.05, 0.1) is 4.47 Å². The highest BCUT2D eigenvalue weighted by atomic mass is 79.9. The molecule has 1 amide bonds. The second kappa shape index (κ2) is 7.94. The Hall–Kier alpha value is -1.12. The summed E-state index contributed by atoms with van der Waals surface area (Å²) in [5, 5.41) is 0. The first kappa shape index (κ1) is 18.9. The number of likely N-dealkylation sites (tertiary alicyclic amines) is 1. The fourth-order valence-corrected chi connectivity index (χ4v) is 2.86. The van der Waals surface area contributed by atoms with Crippen molar-refractivity contribution in [3.8, 4) is 0 Å². The lowest BCUT2D eigenvalue weighted by atomic mass is 9.92. The lowest BCUT2D eigenvalue weighted by molar-refractivity contribution is -0.133. The molecule has 9 heteroatoms. The molecular weight excluding hydrogens is 376 g/mol. The minimum atomic E-state index is -0.586. The molecular formula is C13H20BrClN4O3. The average molecular weight is 396 g/mol. The smallest absolute Gasteiger partial charge is 0.328 e. The van der Waals surface area contributed by atoms with Crippen molar-refractivity contribution in [1.82, 2.24) is 14.5 Å². The maximum absolute atomic E-state index is 12.3. The minimum absolute atomic E-state index is 0. The first-order chi connectivity index (χ1) is 9.88. The minimum Gasteiger partial charge on any atom is -0.341 e. The number of nitrogens with one attached hydrogen (secondary N) is 1. The first-order valence-electron chi connectivity index (χ1n) is 6.91. The topological polar surface area (TPSA) is 101 Å². The van der Waals surface area contributed by atoms with Crippen LogP contribution in [-0.2, 0) is 11.3 Å². The molecule has 0 aromatic carbocycles. The van der Waals surface area contributed by atoms with E-state index in [2.05, 4.69) is 20.9 Å². The van der Waals surface area contributed by atoms with Crippen LogP contribution in [0.5, 0.6) is 0 Å². The SMILES string of the molecule is CC(N)C1CCCN(C(=O)Cn2cc(Br)c(=O)[nH]c2=O)C1.Cl. The van der Waals surface area contributed by atoms with Crippen LogP contribution in [0.2, 0.25) is 0 Å². The fourth-order valence-electron chi connectivity index (χ4n) is 2.51. The Bertz CT molecular complexity index is 643. The molecule has 0 aliphatic carbocycles. The molecule has 22 heavy (non-hydrogen) atoms. The Labute approximate surface area is 142 Å². The molecule has 2 rings (SSSR count). The molecule has 1 aromatic heterocycles. The van der Waals surface area contributed by atoms with E-state index in [1.165, 1.54) is 10.8 Å². The third-order valence-electron chi connectivity index (χ3n) is 3.83. The highest BCUT2D eigenvalue weighted by Crippen LogP contribution is 2.18. The molecule has 0 saturated carbocycles. The zero-order valence-corrected chi connectivity index (χ0v) is 14.7. The van der Waals surface area contributed by atoms with Crippen molar-refractivity contribution in [3.63, 3.8) is 0 Å². The van der Waals surface area contributed by atoms with Crippen molar-refractivity contribution >= 4 is 34.2 Å². The van der Waals surface area contributed by atoms with Gasteiger partial charge in [0.25, 0.3) is 5.56 Å². The van der Waals surface area contributed by atoms with E-state index < -0.39 is 11.2 Å². The molecule has 2 heterocycles. The second-order valence-corrected chi connectivity index (χ2v) is 6.32. The monoisotopic (exact) mass is 394 g/mol. The lowest BCUT2D eigenvalue weighted by Gasteiger charge is -2.34. The van der Waals surface area contributed by atoms with E-state index in [-0.39, 0.29) is 35.4 Å². The van der Waals surface area contributed by atoms with Crippen molar-refractivity contribution in [2.45, 2.75) is 32.4 Å². The Morgan fingerprint density at radius 2 is 2.23 bits per heavy atom. The van der Waals surface area contributed by atoms with Crippen LogP contribution in [0, 0.1) is 5.92 Å². The van der Waals surface area contributed by atoms with Crippen LogP contribution < -0.4 is 17.0 Å². The number of aromatic amines is 1. The zero-order valence-electron chi connectivity index (χ0n) is 12.3. The number of carbonyl (C=O) groups excluding carboxylic acids is 1. The number of halogens is 2. The normalized spacial score (nSPS) is 19.4. The van der Waals surface area contributed by atoms with Gasteiger partial charge in [-0.25, -0.2) is 4.79 Å². The molecule has 1 aromatic rings. The van der Waals surface area contributed by atoms with Crippen LogP contribution in [0.15, 0.2) is 20.3 Å². The number of carbonyl (C=O) groups is 1. The highest BCUT2D eigenvalue weighted by Gasteiger charge is 2.26. The molecule has 1 aliphatic rings. The molecule has 3 N–H and O–H groups in total. The lowest BCUT2D eigenvalue weighted by Crippen LogP contribution is -2.47. The number of hydrogen-bond donors (Lipinski definition) is 2. The van der Waals surface area contributed by atoms with Crippen molar-refractivity contribution in [2.24, 2.45) is 11.7 Å². The van der Waals surface area contributed by atoms with Crippen LogP contribution >= 0.6 is 28.3 Å². The van der Waals surface area contributed by atoms with Gasteiger partial charge in [0.15, 0.2) is 0 Å². The standard InChI is InChI=1S/C13H19BrN4O3.ClH/c1-8(15)9-3-2-4-17(5-9)11(19)7-18-6-10(14)12(20)16-13(18)21;/h6,8-9H,2-5,7,15H2,1H3,(H,16,20,21);1H. The average Bonchev–Trinajstić information content (AvgIpc) is 2.44. The quantitative estimate of drug-likeness (QED) is 0.769. The largest absolute Gasteiger partial charge is 0.341 e. The summed E-state index contributed by atoms with van der Waals surface area (Å²) >= 11 is 3.05. The molecule has 0 bridgehead atoms. The summed E-state index contributed by atoms with van der Waals surface area (Å²) < 4.78 is 1.42. The Kier molecular flexibility index (Phi) is 6.83. The molecule has 7 nitrogen and oxygen atoms in total. The molecule has 1 saturated heterocycles. The molecule has 1 fully saturated rings. The number of piperidine rings is 1. The van der Waals surface area contributed by atoms with Gasteiger partial charge in [-0.2, -0.15) is 0 Å². The van der Waals surface area contributed by atoms with Gasteiger partial charge in [-0.15, -0.1) is 12.4 Å². The summed E-state index contributed by atoms with van der Waals surface area (Å²) in [6.07, 6.45) is 3.28. The number of nitrogens with zero attached hydrogens (tertiary/aromatic N) is 2. The van der Waals surface area contributed by atoms with E-state index in [9.17, 15) is 14.4 Å². The summed E-state index contributed by atoms with van der Waals surface area (Å²) in [5.74, 6) is 0.156. The van der Waals surface area contributed by atoms with Crippen molar-refractivity contribution < 1.29 is 4.79 Å². The third-order valence-corrected chi connectivity index (χ3v) is 4.39. The maximum Gasteiger partial charge on any atom is 0.328 e. The van der Waals surface area contributed by atoms with E-state index in [4.69, 9.17) is 5.73 Å². The molecule has 0 spiro atoms. The number of aromatic nitrogens is 2. The van der Waals surface area contributed by atoms with E-state index in [1.54, 1.807) is 4.90 Å². The number of rotatable bonds is 3. The van der Waals surface area contributed by atoms with Crippen molar-refractivity contribution in [2.75, 3.05) is 13.1 Å². The van der Waals surface area contributed by atoms with Gasteiger partial charge in [-0.3, -0.25) is 19.1 Å². The van der Waals surface area contributed by atoms with Crippen LogP contribution in [-0.4, -0.2) is 39.5 Å². The van der Waals surface area contributed by atoms with E-state index in [1.807, 2.05) is 6.92 Å². The van der Waals surface area contributed by atoms with Gasteiger partial charge >= 0.3 is 5.69 Å². The zero-order chi connectivity index (χ0) is 15.6. The van der Waals surface area contributed by atoms with E-state index in [0.717, 1.165) is 12.8 Å². The summed E-state index contributed by atoms with van der Waals surface area (Å²) in [4.78, 5) is 39.1. The van der Waals surface area contributed by atoms with Gasteiger partial charge in [0.1, 0.15) is 6.54 Å². The van der Waals surface area contributed by atoms with Crippen LogP contribution in [0.1, 0.15) is 19.8 Å². The first-order valence-corrected chi connectivity index (χ1v) is 7.70. The molecule has 2 unspecified atom stereocenters.